The molecule has 3 aromatic heterocycles. The van der Waals surface area contributed by atoms with Crippen LogP contribution in [0.4, 0.5) is 21.8 Å². The first-order chi connectivity index (χ1) is 16.7. The molecule has 0 radical (unpaired) electrons. The van der Waals surface area contributed by atoms with Crippen molar-refractivity contribution < 1.29 is 17.6 Å². The smallest absolute Gasteiger partial charge is 0.335 e. The second kappa shape index (κ2) is 8.64. The maximum Gasteiger partial charge on any atom is 0.335 e. The quantitative estimate of drug-likeness (QED) is 0.299. The van der Waals surface area contributed by atoms with Crippen molar-refractivity contribution in [3.63, 3.8) is 0 Å². The molecule has 1 atom stereocenters. The maximum atomic E-state index is 14.6. The van der Waals surface area contributed by atoms with Gasteiger partial charge in [-0.25, -0.2) is 13.4 Å². The normalized spacial score (nSPS) is 12.6. The summed E-state index contributed by atoms with van der Waals surface area (Å²) in [5, 5.41) is 3.61. The number of benzene rings is 2. The average molecular weight is 497 g/mol. The third-order valence-electron chi connectivity index (χ3n) is 5.52. The van der Waals surface area contributed by atoms with Gasteiger partial charge in [0.2, 0.25) is 5.95 Å². The first kappa shape index (κ1) is 22.7. The van der Waals surface area contributed by atoms with Gasteiger partial charge in [-0.1, -0.05) is 6.07 Å². The van der Waals surface area contributed by atoms with Crippen LogP contribution in [-0.4, -0.2) is 27.9 Å². The van der Waals surface area contributed by atoms with Gasteiger partial charge in [-0.3, -0.25) is 9.13 Å². The molecular formula is C23H21FN6O4S. The van der Waals surface area contributed by atoms with E-state index in [0.717, 1.165) is 11.5 Å². The lowest BCUT2D eigenvalue weighted by Crippen LogP contribution is -2.24. The Balaban J connectivity index is 1.63. The Kier molecular flexibility index (Phi) is 5.61. The standard InChI is InChI=1S/C23H21FN6O4S/c1-12(2)29-21-19(30(23(29)31)15-4-6-18-14(10-15)7-8-34-18)20(25)27-22(28-21)26-17-5-3-13(9-16(17)24)11-35(32)33/h3-10,12H,11H2,1-2H3,(H,32,33)(H3,25,26,27,28). The van der Waals surface area contributed by atoms with Crippen LogP contribution in [-0.2, 0) is 16.8 Å². The van der Waals surface area contributed by atoms with Crippen molar-refractivity contribution in [3.05, 3.63) is 70.6 Å². The third kappa shape index (κ3) is 4.06. The minimum absolute atomic E-state index is 0.00391. The predicted molar refractivity (Wildman–Crippen MR) is 132 cm³/mol. The summed E-state index contributed by atoms with van der Waals surface area (Å²) >= 11 is -2.09. The van der Waals surface area contributed by atoms with E-state index in [2.05, 4.69) is 15.3 Å². The summed E-state index contributed by atoms with van der Waals surface area (Å²) in [6.07, 6.45) is 1.57. The van der Waals surface area contributed by atoms with Crippen LogP contribution in [0.5, 0.6) is 0 Å². The van der Waals surface area contributed by atoms with E-state index < -0.39 is 16.9 Å². The molecular weight excluding hydrogens is 475 g/mol. The number of aromatic nitrogens is 4. The first-order valence-corrected chi connectivity index (χ1v) is 11.9. The molecule has 3 heterocycles. The third-order valence-corrected chi connectivity index (χ3v) is 6.10. The Labute approximate surface area is 200 Å². The molecule has 0 spiro atoms. The molecule has 0 saturated heterocycles. The van der Waals surface area contributed by atoms with Crippen LogP contribution in [0.1, 0.15) is 25.5 Å². The Bertz CT molecular complexity index is 1670. The zero-order valence-electron chi connectivity index (χ0n) is 18.7. The number of fused-ring (bicyclic) bond motifs is 2. The van der Waals surface area contributed by atoms with Gasteiger partial charge in [-0.15, -0.1) is 0 Å². The van der Waals surface area contributed by atoms with Gasteiger partial charge in [0.25, 0.3) is 0 Å². The second-order valence-corrected chi connectivity index (χ2v) is 9.17. The van der Waals surface area contributed by atoms with Gasteiger partial charge in [-0.05, 0) is 55.8 Å². The zero-order chi connectivity index (χ0) is 24.9. The molecule has 12 heteroatoms. The number of furan rings is 1. The first-order valence-electron chi connectivity index (χ1n) is 10.6. The van der Waals surface area contributed by atoms with Gasteiger partial charge >= 0.3 is 5.69 Å². The lowest BCUT2D eigenvalue weighted by atomic mass is 10.2. The number of hydrogen-bond donors (Lipinski definition) is 3. The highest BCUT2D eigenvalue weighted by atomic mass is 32.2. The fourth-order valence-electron chi connectivity index (χ4n) is 4.00. The van der Waals surface area contributed by atoms with Crippen LogP contribution < -0.4 is 16.7 Å². The lowest BCUT2D eigenvalue weighted by molar-refractivity contribution is 0.563. The molecule has 0 aliphatic rings. The van der Waals surface area contributed by atoms with Crippen molar-refractivity contribution in [1.29, 1.82) is 0 Å². The summed E-state index contributed by atoms with van der Waals surface area (Å²) in [5.74, 6) is -0.800. The molecule has 0 aliphatic carbocycles. The number of nitrogens with one attached hydrogen (secondary N) is 1. The van der Waals surface area contributed by atoms with E-state index in [1.807, 2.05) is 19.9 Å². The van der Waals surface area contributed by atoms with Crippen molar-refractivity contribution in [1.82, 2.24) is 19.1 Å². The van der Waals surface area contributed by atoms with Crippen LogP contribution in [0.3, 0.4) is 0 Å². The molecule has 0 amide bonds. The number of hydrogen-bond acceptors (Lipinski definition) is 7. The molecule has 180 valence electrons. The van der Waals surface area contributed by atoms with Crippen molar-refractivity contribution in [2.24, 2.45) is 0 Å². The number of imidazole rings is 1. The van der Waals surface area contributed by atoms with E-state index in [9.17, 15) is 13.4 Å². The molecule has 10 nitrogen and oxygen atoms in total. The molecule has 5 aromatic rings. The zero-order valence-corrected chi connectivity index (χ0v) is 19.5. The van der Waals surface area contributed by atoms with Crippen molar-refractivity contribution in [2.75, 3.05) is 11.1 Å². The highest BCUT2D eigenvalue weighted by Gasteiger charge is 2.22. The molecule has 5 rings (SSSR count). The summed E-state index contributed by atoms with van der Waals surface area (Å²) in [5.41, 5.74) is 8.26. The summed E-state index contributed by atoms with van der Waals surface area (Å²) in [6, 6.07) is 11.0. The van der Waals surface area contributed by atoms with Crippen LogP contribution in [0.25, 0.3) is 27.8 Å². The van der Waals surface area contributed by atoms with E-state index in [4.69, 9.17) is 14.7 Å². The number of nitrogen functional groups attached to an aromatic ring is 1. The van der Waals surface area contributed by atoms with Crippen LogP contribution in [0, 0.1) is 5.82 Å². The molecule has 0 saturated carbocycles. The van der Waals surface area contributed by atoms with Gasteiger partial charge in [0.05, 0.1) is 23.4 Å². The largest absolute Gasteiger partial charge is 0.464 e. The van der Waals surface area contributed by atoms with Gasteiger partial charge in [0.15, 0.2) is 22.5 Å². The fourth-order valence-corrected chi connectivity index (χ4v) is 4.47. The van der Waals surface area contributed by atoms with Gasteiger partial charge in [0.1, 0.15) is 16.9 Å². The Morgan fingerprint density at radius 1 is 1.20 bits per heavy atom. The van der Waals surface area contributed by atoms with Gasteiger partial charge in [-0.2, -0.15) is 9.97 Å². The SMILES string of the molecule is CC(C)n1c(=O)n(-c2ccc3occc3c2)c2c(N)nc(Nc3ccc(CS(=O)O)cc3F)nc21. The monoisotopic (exact) mass is 496 g/mol. The van der Waals surface area contributed by atoms with Crippen LogP contribution >= 0.6 is 0 Å². The molecule has 0 bridgehead atoms. The number of rotatable bonds is 6. The highest BCUT2D eigenvalue weighted by molar-refractivity contribution is 7.78. The number of anilines is 3. The molecule has 35 heavy (non-hydrogen) atoms. The molecule has 2 aromatic carbocycles. The van der Waals surface area contributed by atoms with E-state index in [0.29, 0.717) is 28.0 Å². The van der Waals surface area contributed by atoms with Crippen molar-refractivity contribution >= 4 is 50.7 Å². The van der Waals surface area contributed by atoms with E-state index in [1.165, 1.54) is 21.3 Å². The Morgan fingerprint density at radius 3 is 2.71 bits per heavy atom. The number of nitrogens with two attached hydrogens (primary N) is 1. The molecule has 0 fully saturated rings. The maximum absolute atomic E-state index is 14.6. The summed E-state index contributed by atoms with van der Waals surface area (Å²) in [7, 11) is 0. The summed E-state index contributed by atoms with van der Waals surface area (Å²) < 4.78 is 42.9. The van der Waals surface area contributed by atoms with E-state index in [1.54, 1.807) is 24.5 Å². The minimum atomic E-state index is -2.09. The van der Waals surface area contributed by atoms with Crippen molar-refractivity contribution in [3.8, 4) is 5.69 Å². The van der Waals surface area contributed by atoms with Crippen molar-refractivity contribution in [2.45, 2.75) is 25.6 Å². The topological polar surface area (TPSA) is 141 Å². The predicted octanol–water partition coefficient (Wildman–Crippen LogP) is 4.10. The van der Waals surface area contributed by atoms with E-state index >= 15 is 0 Å². The Hall–Kier alpha value is -4.03. The summed E-state index contributed by atoms with van der Waals surface area (Å²) in [6.45, 7) is 3.69. The van der Waals surface area contributed by atoms with Gasteiger partial charge in [0, 0.05) is 11.4 Å². The molecule has 4 N–H and O–H groups in total. The van der Waals surface area contributed by atoms with Crippen LogP contribution in [0.2, 0.25) is 0 Å². The Morgan fingerprint density at radius 2 is 2.00 bits per heavy atom. The molecule has 0 aliphatic heterocycles. The number of halogens is 1. The second-order valence-electron chi connectivity index (χ2n) is 8.23. The average Bonchev–Trinajstić information content (AvgIpc) is 3.36. The van der Waals surface area contributed by atoms with Crippen LogP contribution in [0.15, 0.2) is 57.9 Å². The molecule has 1 unspecified atom stereocenters. The van der Waals surface area contributed by atoms with Gasteiger partial charge < -0.3 is 20.0 Å². The fraction of sp³-hybridized carbons (Fsp3) is 0.174. The highest BCUT2D eigenvalue weighted by Crippen LogP contribution is 2.28. The lowest BCUT2D eigenvalue weighted by Gasteiger charge is -2.10. The minimum Gasteiger partial charge on any atom is -0.464 e. The summed E-state index contributed by atoms with van der Waals surface area (Å²) in [4.78, 5) is 22.2. The number of nitrogens with zero attached hydrogens (tertiary/aromatic N) is 4. The van der Waals surface area contributed by atoms with E-state index in [-0.39, 0.29) is 34.9 Å².